The van der Waals surface area contributed by atoms with Gasteiger partial charge >= 0.3 is 5.97 Å². The van der Waals surface area contributed by atoms with Crippen molar-refractivity contribution in [3.8, 4) is 0 Å². The zero-order chi connectivity index (χ0) is 25.4. The molecule has 1 saturated heterocycles. The van der Waals surface area contributed by atoms with E-state index in [0.717, 1.165) is 32.1 Å². The van der Waals surface area contributed by atoms with E-state index in [0.29, 0.717) is 34.5 Å². The lowest BCUT2D eigenvalue weighted by Gasteiger charge is -2.63. The normalized spacial score (nSPS) is 59.9. The molecule has 5 nitrogen and oxygen atoms in total. The zero-order valence-corrected chi connectivity index (χ0v) is 23.0. The van der Waals surface area contributed by atoms with E-state index in [9.17, 15) is 15.0 Å². The number of fused-ring (bicyclic) bond motifs is 4. The number of hydrogen-bond donors (Lipinski definition) is 2. The summed E-state index contributed by atoms with van der Waals surface area (Å²) in [5.74, 6) is 1.54. The highest BCUT2D eigenvalue weighted by molar-refractivity contribution is 5.65. The van der Waals surface area contributed by atoms with E-state index in [2.05, 4.69) is 41.5 Å². The summed E-state index contributed by atoms with van der Waals surface area (Å²) < 4.78 is 12.2. The van der Waals surface area contributed by atoms with E-state index in [1.807, 2.05) is 0 Å². The predicted molar refractivity (Wildman–Crippen MR) is 133 cm³/mol. The van der Waals surface area contributed by atoms with Crippen molar-refractivity contribution >= 4 is 5.97 Å². The Balaban J connectivity index is 1.36. The van der Waals surface area contributed by atoms with Crippen molar-refractivity contribution in [3.05, 3.63) is 0 Å². The number of rotatable bonds is 2. The van der Waals surface area contributed by atoms with Gasteiger partial charge in [-0.05, 0) is 104 Å². The zero-order valence-electron chi connectivity index (χ0n) is 23.0. The fourth-order valence-electron chi connectivity index (χ4n) is 12.1. The molecule has 5 aliphatic carbocycles. The molecule has 3 unspecified atom stereocenters. The first kappa shape index (κ1) is 24.7. The third kappa shape index (κ3) is 2.74. The Morgan fingerprint density at radius 3 is 2.31 bits per heavy atom. The van der Waals surface area contributed by atoms with Gasteiger partial charge in [-0.3, -0.25) is 4.79 Å². The first-order valence-electron chi connectivity index (χ1n) is 14.4. The van der Waals surface area contributed by atoms with Crippen molar-refractivity contribution in [2.24, 2.45) is 50.7 Å². The molecule has 0 aromatic rings. The fourth-order valence-corrected chi connectivity index (χ4v) is 12.1. The molecule has 0 amide bonds. The van der Waals surface area contributed by atoms with Gasteiger partial charge in [0.2, 0.25) is 0 Å². The van der Waals surface area contributed by atoms with Crippen LogP contribution in [0.3, 0.4) is 0 Å². The maximum atomic E-state index is 12.2. The number of ether oxygens (including phenoxy) is 2. The van der Waals surface area contributed by atoms with E-state index in [4.69, 9.17) is 9.47 Å². The largest absolute Gasteiger partial charge is 0.463 e. The first-order valence-corrected chi connectivity index (χ1v) is 14.4. The molecule has 0 radical (unpaired) electrons. The molecule has 0 aromatic heterocycles. The van der Waals surface area contributed by atoms with Crippen molar-refractivity contribution in [2.45, 2.75) is 124 Å². The van der Waals surface area contributed by atoms with Crippen LogP contribution in [0, 0.1) is 50.7 Å². The summed E-state index contributed by atoms with van der Waals surface area (Å²) in [6.07, 6.45) is 8.07. The quantitative estimate of drug-likeness (QED) is 0.528. The molecule has 1 heterocycles. The van der Waals surface area contributed by atoms with Crippen LogP contribution >= 0.6 is 0 Å². The van der Waals surface area contributed by atoms with Crippen LogP contribution in [0.1, 0.15) is 99.8 Å². The van der Waals surface area contributed by atoms with Gasteiger partial charge in [0.1, 0.15) is 12.2 Å². The Hall–Kier alpha value is -0.650. The Morgan fingerprint density at radius 2 is 1.63 bits per heavy atom. The number of carbonyl (C=O) groups excluding carboxylic acids is 1. The smallest absolute Gasteiger partial charge is 0.302 e. The Labute approximate surface area is 211 Å². The highest BCUT2D eigenvalue weighted by atomic mass is 16.6. The number of aliphatic hydroxyl groups is 2. The molecule has 5 heteroatoms. The minimum Gasteiger partial charge on any atom is -0.463 e. The van der Waals surface area contributed by atoms with Crippen LogP contribution in [0.4, 0.5) is 0 Å². The van der Waals surface area contributed by atoms with Gasteiger partial charge in [0.05, 0.1) is 18.3 Å². The summed E-state index contributed by atoms with van der Waals surface area (Å²) in [5.41, 5.74) is -0.0429. The summed E-state index contributed by atoms with van der Waals surface area (Å²) in [4.78, 5) is 11.5. The maximum absolute atomic E-state index is 12.2. The van der Waals surface area contributed by atoms with Crippen molar-refractivity contribution < 1.29 is 24.5 Å². The Morgan fingerprint density at radius 1 is 0.971 bits per heavy atom. The lowest BCUT2D eigenvalue weighted by atomic mass is 9.41. The average molecular weight is 489 g/mol. The average Bonchev–Trinajstić information content (AvgIpc) is 3.40. The molecule has 6 rings (SSSR count). The minimum absolute atomic E-state index is 0.0210. The summed E-state index contributed by atoms with van der Waals surface area (Å²) in [5, 5.41) is 23.1. The number of aliphatic hydroxyl groups excluding tert-OH is 2. The van der Waals surface area contributed by atoms with E-state index < -0.39 is 11.7 Å². The van der Waals surface area contributed by atoms with Crippen LogP contribution in [0.2, 0.25) is 0 Å². The topological polar surface area (TPSA) is 76.0 Å². The monoisotopic (exact) mass is 488 g/mol. The van der Waals surface area contributed by atoms with Crippen molar-refractivity contribution in [1.29, 1.82) is 0 Å². The molecule has 1 aliphatic heterocycles. The molecular formula is C30H48O5. The lowest BCUT2D eigenvalue weighted by Crippen LogP contribution is -2.59. The molecule has 0 bridgehead atoms. The van der Waals surface area contributed by atoms with E-state index in [1.54, 1.807) is 0 Å². The molecule has 35 heavy (non-hydrogen) atoms. The fraction of sp³-hybridized carbons (Fsp3) is 0.967. The van der Waals surface area contributed by atoms with E-state index >= 15 is 0 Å². The van der Waals surface area contributed by atoms with Gasteiger partial charge in [-0.1, -0.05) is 34.6 Å². The van der Waals surface area contributed by atoms with Gasteiger partial charge in [-0.25, -0.2) is 0 Å². The van der Waals surface area contributed by atoms with Gasteiger partial charge in [-0.15, -0.1) is 0 Å². The minimum atomic E-state index is -0.548. The highest BCUT2D eigenvalue weighted by Crippen LogP contribution is 2.89. The standard InChI is InChI=1S/C30H48O5/c1-17-14-26(5,16-34-18(2)31)35-23-22(17)27(6)12-13-30-15-29(30)11-10-21(32)25(3,4)19(29)8-9-20(30)28(27,7)24(23)33/h17,19-24,32-33H,8-16H2,1-7H3/t17-,19+,20?,21?,22+,23?,24+,26-,27-,28-,29-,30+/m1/s1. The SMILES string of the molecule is CC(=O)OC[C@@]1(C)C[C@@H](C)[C@H]2C(O1)[C@H](O)[C@@]1(C)C3CC[C@H]4C(C)(C)C(O)CC[C@@]45C[C@@]35CC[C@]21C. The summed E-state index contributed by atoms with van der Waals surface area (Å²) in [6, 6.07) is 0. The van der Waals surface area contributed by atoms with Crippen molar-refractivity contribution in [1.82, 2.24) is 0 Å². The van der Waals surface area contributed by atoms with E-state index in [1.165, 1.54) is 26.2 Å². The highest BCUT2D eigenvalue weighted by Gasteiger charge is 2.84. The molecule has 6 fully saturated rings. The summed E-state index contributed by atoms with van der Waals surface area (Å²) in [6.45, 7) is 15.6. The third-order valence-corrected chi connectivity index (χ3v) is 13.6. The molecule has 6 aliphatic rings. The molecule has 0 aromatic carbocycles. The second-order valence-corrected chi connectivity index (χ2v) is 15.2. The second kappa shape index (κ2) is 7.05. The number of carbonyl (C=O) groups is 1. The van der Waals surface area contributed by atoms with Crippen LogP contribution < -0.4 is 0 Å². The second-order valence-electron chi connectivity index (χ2n) is 15.2. The van der Waals surface area contributed by atoms with Gasteiger partial charge in [0.25, 0.3) is 0 Å². The van der Waals surface area contributed by atoms with Crippen LogP contribution in [-0.4, -0.2) is 46.7 Å². The molecule has 5 saturated carbocycles. The third-order valence-electron chi connectivity index (χ3n) is 13.6. The molecule has 198 valence electrons. The predicted octanol–water partition coefficient (Wildman–Crippen LogP) is 5.11. The van der Waals surface area contributed by atoms with E-state index in [-0.39, 0.29) is 41.0 Å². The number of hydrogen-bond acceptors (Lipinski definition) is 5. The Bertz CT molecular complexity index is 932. The number of esters is 1. The van der Waals surface area contributed by atoms with Gasteiger partial charge < -0.3 is 19.7 Å². The molecule has 12 atom stereocenters. The lowest BCUT2D eigenvalue weighted by molar-refractivity contribution is -0.209. The molecular weight excluding hydrogens is 440 g/mol. The van der Waals surface area contributed by atoms with Crippen LogP contribution in [-0.2, 0) is 14.3 Å². The molecule has 2 N–H and O–H groups in total. The van der Waals surface area contributed by atoms with Gasteiger partial charge in [-0.2, -0.15) is 0 Å². The van der Waals surface area contributed by atoms with Gasteiger partial charge in [0.15, 0.2) is 0 Å². The Kier molecular flexibility index (Phi) is 4.97. The van der Waals surface area contributed by atoms with Crippen molar-refractivity contribution in [3.63, 3.8) is 0 Å². The maximum Gasteiger partial charge on any atom is 0.302 e. The molecule has 2 spiro atoms. The first-order chi connectivity index (χ1) is 16.2. The van der Waals surface area contributed by atoms with Crippen LogP contribution in [0.5, 0.6) is 0 Å². The van der Waals surface area contributed by atoms with Crippen LogP contribution in [0.15, 0.2) is 0 Å². The summed E-state index contributed by atoms with van der Waals surface area (Å²) >= 11 is 0. The van der Waals surface area contributed by atoms with Gasteiger partial charge in [0, 0.05) is 12.3 Å². The van der Waals surface area contributed by atoms with Crippen LogP contribution in [0.25, 0.3) is 0 Å². The summed E-state index contributed by atoms with van der Waals surface area (Å²) in [7, 11) is 0. The van der Waals surface area contributed by atoms with Crippen molar-refractivity contribution in [2.75, 3.05) is 6.61 Å².